The highest BCUT2D eigenvalue weighted by Gasteiger charge is 2.20. The van der Waals surface area contributed by atoms with Crippen LogP contribution in [0.5, 0.6) is 17.2 Å². The van der Waals surface area contributed by atoms with Crippen molar-refractivity contribution >= 4 is 29.9 Å². The van der Waals surface area contributed by atoms with Crippen molar-refractivity contribution in [3.05, 3.63) is 35.7 Å². The van der Waals surface area contributed by atoms with E-state index in [4.69, 9.17) is 9.47 Å². The van der Waals surface area contributed by atoms with E-state index < -0.39 is 6.61 Å². The van der Waals surface area contributed by atoms with Crippen LogP contribution in [0.3, 0.4) is 0 Å². The SMILES string of the molecule is CN=C(NCc1cnn(C)c1)NCc1cc2c(cc1OC(F)F)OCO2.I. The van der Waals surface area contributed by atoms with Gasteiger partial charge in [0.15, 0.2) is 17.5 Å². The fourth-order valence-electron chi connectivity index (χ4n) is 2.46. The Morgan fingerprint density at radius 2 is 2.00 bits per heavy atom. The molecule has 2 aromatic rings. The Morgan fingerprint density at radius 3 is 2.63 bits per heavy atom. The van der Waals surface area contributed by atoms with Gasteiger partial charge in [-0.2, -0.15) is 13.9 Å². The van der Waals surface area contributed by atoms with E-state index in [1.54, 1.807) is 24.0 Å². The van der Waals surface area contributed by atoms with Crippen molar-refractivity contribution in [1.82, 2.24) is 20.4 Å². The smallest absolute Gasteiger partial charge is 0.387 e. The van der Waals surface area contributed by atoms with Crippen LogP contribution in [-0.2, 0) is 20.1 Å². The zero-order chi connectivity index (χ0) is 18.5. The number of guanidine groups is 1. The number of nitrogens with zero attached hydrogens (tertiary/aromatic N) is 3. The first-order valence-corrected chi connectivity index (χ1v) is 7.84. The summed E-state index contributed by atoms with van der Waals surface area (Å²) in [6.07, 6.45) is 3.62. The third kappa shape index (κ3) is 5.58. The lowest BCUT2D eigenvalue weighted by atomic mass is 10.1. The number of nitrogens with one attached hydrogen (secondary N) is 2. The van der Waals surface area contributed by atoms with Gasteiger partial charge in [-0.05, 0) is 6.07 Å². The standard InChI is InChI=1S/C16H19F2N5O3.HI/c1-19-16(20-5-10-6-22-23(2)8-10)21-7-11-3-13-14(25-9-24-13)4-12(11)26-15(17)18;/h3-4,6,8,15H,5,7,9H2,1-2H3,(H2,19,20,21);1H. The Balaban J connectivity index is 0.00000261. The van der Waals surface area contributed by atoms with Crippen molar-refractivity contribution in [2.75, 3.05) is 13.8 Å². The summed E-state index contributed by atoms with van der Waals surface area (Å²) < 4.78 is 42.1. The molecule has 11 heteroatoms. The van der Waals surface area contributed by atoms with E-state index in [2.05, 4.69) is 25.5 Å². The van der Waals surface area contributed by atoms with Crippen molar-refractivity contribution in [1.29, 1.82) is 0 Å². The van der Waals surface area contributed by atoms with E-state index in [0.29, 0.717) is 29.6 Å². The third-order valence-electron chi connectivity index (χ3n) is 3.66. The maximum absolute atomic E-state index is 12.7. The molecule has 0 amide bonds. The summed E-state index contributed by atoms with van der Waals surface area (Å²) in [6, 6.07) is 3.01. The number of aliphatic imine (C=N–C) groups is 1. The van der Waals surface area contributed by atoms with Gasteiger partial charge in [-0.1, -0.05) is 0 Å². The molecule has 148 valence electrons. The summed E-state index contributed by atoms with van der Waals surface area (Å²) in [5.74, 6) is 1.40. The molecule has 3 rings (SSSR count). The van der Waals surface area contributed by atoms with Crippen LogP contribution >= 0.6 is 24.0 Å². The molecule has 1 aliphatic rings. The number of ether oxygens (including phenoxy) is 3. The number of aromatic nitrogens is 2. The summed E-state index contributed by atoms with van der Waals surface area (Å²) in [4.78, 5) is 4.11. The first-order chi connectivity index (χ1) is 12.5. The Bertz CT molecular complexity index is 800. The fourth-order valence-corrected chi connectivity index (χ4v) is 2.46. The molecule has 1 aromatic heterocycles. The maximum atomic E-state index is 12.7. The van der Waals surface area contributed by atoms with Crippen LogP contribution < -0.4 is 24.8 Å². The third-order valence-corrected chi connectivity index (χ3v) is 3.66. The second kappa shape index (κ2) is 9.58. The minimum Gasteiger partial charge on any atom is -0.454 e. The lowest BCUT2D eigenvalue weighted by Crippen LogP contribution is -2.36. The first-order valence-electron chi connectivity index (χ1n) is 7.84. The maximum Gasteiger partial charge on any atom is 0.387 e. The molecule has 0 unspecified atom stereocenters. The second-order valence-electron chi connectivity index (χ2n) is 5.49. The van der Waals surface area contributed by atoms with Gasteiger partial charge in [0.2, 0.25) is 6.79 Å². The molecule has 0 fully saturated rings. The molecule has 1 aromatic carbocycles. The number of rotatable bonds is 6. The Kier molecular flexibility index (Phi) is 7.45. The van der Waals surface area contributed by atoms with Crippen molar-refractivity contribution in [2.45, 2.75) is 19.7 Å². The van der Waals surface area contributed by atoms with Crippen LogP contribution in [0.1, 0.15) is 11.1 Å². The number of hydrogen-bond acceptors (Lipinski definition) is 5. The number of halogens is 3. The first kappa shape index (κ1) is 21.0. The highest BCUT2D eigenvalue weighted by Crippen LogP contribution is 2.38. The van der Waals surface area contributed by atoms with Gasteiger partial charge in [0.25, 0.3) is 0 Å². The quantitative estimate of drug-likeness (QED) is 0.364. The van der Waals surface area contributed by atoms with Gasteiger partial charge >= 0.3 is 6.61 Å². The van der Waals surface area contributed by atoms with E-state index in [1.807, 2.05) is 13.2 Å². The predicted octanol–water partition coefficient (Wildman–Crippen LogP) is 2.23. The largest absolute Gasteiger partial charge is 0.454 e. The summed E-state index contributed by atoms with van der Waals surface area (Å²) >= 11 is 0. The fraction of sp³-hybridized carbons (Fsp3) is 0.375. The van der Waals surface area contributed by atoms with E-state index in [0.717, 1.165) is 5.56 Å². The molecule has 0 atom stereocenters. The van der Waals surface area contributed by atoms with Gasteiger partial charge in [-0.25, -0.2) is 0 Å². The normalized spacial score (nSPS) is 12.7. The lowest BCUT2D eigenvalue weighted by Gasteiger charge is -2.15. The van der Waals surface area contributed by atoms with Crippen LogP contribution in [0.15, 0.2) is 29.5 Å². The van der Waals surface area contributed by atoms with Crippen LogP contribution in [0, 0.1) is 0 Å². The number of hydrogen-bond donors (Lipinski definition) is 2. The minimum absolute atomic E-state index is 0. The van der Waals surface area contributed by atoms with Gasteiger partial charge in [0, 0.05) is 50.6 Å². The summed E-state index contributed by atoms with van der Waals surface area (Å²) in [5, 5.41) is 10.3. The molecular formula is C16H20F2IN5O3. The van der Waals surface area contributed by atoms with E-state index in [-0.39, 0.29) is 43.1 Å². The molecule has 0 bridgehead atoms. The second-order valence-corrected chi connectivity index (χ2v) is 5.49. The summed E-state index contributed by atoms with van der Waals surface area (Å²) in [5.41, 5.74) is 1.49. The van der Waals surface area contributed by atoms with E-state index in [1.165, 1.54) is 6.07 Å². The Morgan fingerprint density at radius 1 is 1.30 bits per heavy atom. The van der Waals surface area contributed by atoms with E-state index >= 15 is 0 Å². The molecule has 2 heterocycles. The van der Waals surface area contributed by atoms with Crippen LogP contribution in [0.2, 0.25) is 0 Å². The van der Waals surface area contributed by atoms with Gasteiger partial charge < -0.3 is 24.8 Å². The summed E-state index contributed by atoms with van der Waals surface area (Å²) in [6.45, 7) is -2.15. The molecule has 0 radical (unpaired) electrons. The summed E-state index contributed by atoms with van der Waals surface area (Å²) in [7, 11) is 3.45. The molecule has 2 N–H and O–H groups in total. The number of fused-ring (bicyclic) bond motifs is 1. The molecule has 27 heavy (non-hydrogen) atoms. The molecule has 1 aliphatic heterocycles. The van der Waals surface area contributed by atoms with Crippen LogP contribution in [0.25, 0.3) is 0 Å². The molecule has 0 saturated carbocycles. The minimum atomic E-state index is -2.93. The van der Waals surface area contributed by atoms with Gasteiger partial charge in [-0.3, -0.25) is 9.67 Å². The zero-order valence-electron chi connectivity index (χ0n) is 14.7. The highest BCUT2D eigenvalue weighted by atomic mass is 127. The van der Waals surface area contributed by atoms with E-state index in [9.17, 15) is 8.78 Å². The van der Waals surface area contributed by atoms with Crippen LogP contribution in [-0.4, -0.2) is 36.2 Å². The average Bonchev–Trinajstić information content (AvgIpc) is 3.22. The number of alkyl halides is 2. The zero-order valence-corrected chi connectivity index (χ0v) is 17.1. The Labute approximate surface area is 171 Å². The monoisotopic (exact) mass is 495 g/mol. The number of aryl methyl sites for hydroxylation is 1. The van der Waals surface area contributed by atoms with Crippen molar-refractivity contribution in [3.8, 4) is 17.2 Å². The van der Waals surface area contributed by atoms with Crippen molar-refractivity contribution in [3.63, 3.8) is 0 Å². The van der Waals surface area contributed by atoms with Crippen molar-refractivity contribution in [2.24, 2.45) is 12.0 Å². The van der Waals surface area contributed by atoms with Crippen molar-refractivity contribution < 1.29 is 23.0 Å². The number of benzene rings is 1. The molecule has 0 spiro atoms. The van der Waals surface area contributed by atoms with Crippen LogP contribution in [0.4, 0.5) is 8.78 Å². The average molecular weight is 495 g/mol. The topological polar surface area (TPSA) is 81.9 Å². The highest BCUT2D eigenvalue weighted by molar-refractivity contribution is 14.0. The van der Waals surface area contributed by atoms with Gasteiger partial charge in [0.05, 0.1) is 6.20 Å². The van der Waals surface area contributed by atoms with Gasteiger partial charge in [0.1, 0.15) is 5.75 Å². The molecule has 0 saturated heterocycles. The lowest BCUT2D eigenvalue weighted by molar-refractivity contribution is -0.0505. The molecule has 8 nitrogen and oxygen atoms in total. The predicted molar refractivity (Wildman–Crippen MR) is 105 cm³/mol. The Hall–Kier alpha value is -2.31. The van der Waals surface area contributed by atoms with Gasteiger partial charge in [-0.15, -0.1) is 24.0 Å². The molecular weight excluding hydrogens is 475 g/mol. The molecule has 0 aliphatic carbocycles.